The lowest BCUT2D eigenvalue weighted by Gasteiger charge is -2.41. The molecule has 29 atom stereocenters. The van der Waals surface area contributed by atoms with Crippen LogP contribution < -0.4 is 0 Å². The van der Waals surface area contributed by atoms with Crippen LogP contribution in [0, 0.1) is 160 Å². The van der Waals surface area contributed by atoms with E-state index in [0.717, 1.165) is 39.0 Å². The fourth-order valence-electron chi connectivity index (χ4n) is 18.7. The first kappa shape index (κ1) is 107. The second kappa shape index (κ2) is 41.3. The monoisotopic (exact) mass is 1760 g/mol. The lowest BCUT2D eigenvalue weighted by molar-refractivity contribution is -0.276. The molecule has 9 rings (SSSR count). The van der Waals surface area contributed by atoms with Crippen molar-refractivity contribution >= 4 is 0 Å². The van der Waals surface area contributed by atoms with Gasteiger partial charge in [0.15, 0.2) is 0 Å². The summed E-state index contributed by atoms with van der Waals surface area (Å²) in [5.41, 5.74) is -4.52. The molecule has 9 aliphatic carbocycles. The second-order valence-corrected chi connectivity index (χ2v) is 35.5. The summed E-state index contributed by atoms with van der Waals surface area (Å²) in [6, 6.07) is 0. The third kappa shape index (κ3) is 30.1. The molecule has 37 heteroatoms. The lowest BCUT2D eigenvalue weighted by Crippen LogP contribution is -2.52. The van der Waals surface area contributed by atoms with Crippen LogP contribution in [0.2, 0.25) is 0 Å². The molecule has 0 aliphatic heterocycles. The van der Waals surface area contributed by atoms with Crippen LogP contribution in [0.25, 0.3) is 0 Å². The average molecular weight is 1760 g/mol. The summed E-state index contributed by atoms with van der Waals surface area (Å²) in [5, 5.41) is 0. The van der Waals surface area contributed by atoms with E-state index < -0.39 is 210 Å². The Morgan fingerprint density at radius 1 is 0.261 bits per heavy atom. The van der Waals surface area contributed by atoms with E-state index in [2.05, 4.69) is 0 Å². The topological polar surface area (TPSA) is 0 Å². The van der Waals surface area contributed by atoms with Crippen molar-refractivity contribution in [2.45, 2.75) is 332 Å². The van der Waals surface area contributed by atoms with Gasteiger partial charge in [0.1, 0.15) is 18.5 Å². The molecule has 0 nitrogen and oxygen atoms in total. The molecule has 9 saturated carbocycles. The van der Waals surface area contributed by atoms with Gasteiger partial charge in [0, 0.05) is 14.6 Å². The molecule has 0 bridgehead atoms. The summed E-state index contributed by atoms with van der Waals surface area (Å²) in [7, 11) is 0. The summed E-state index contributed by atoms with van der Waals surface area (Å²) in [5.74, 6) is -40.2. The molecule has 0 aromatic carbocycles. The van der Waals surface area contributed by atoms with Gasteiger partial charge in [-0.1, -0.05) is 150 Å². The zero-order chi connectivity index (χ0) is 93.0. The minimum Gasteiger partial charge on any atom is -0.247 e. The first-order chi connectivity index (χ1) is 51.7. The molecule has 0 saturated heterocycles. The van der Waals surface area contributed by atoms with Gasteiger partial charge in [-0.2, -0.15) is 136 Å². The molecule has 115 heavy (non-hydrogen) atoms. The van der Waals surface area contributed by atoms with E-state index in [1.165, 1.54) is 41.5 Å². The van der Waals surface area contributed by atoms with Crippen molar-refractivity contribution in [2.75, 3.05) is 0 Å². The summed E-state index contributed by atoms with van der Waals surface area (Å²) in [6.45, 7) is 26.8. The van der Waals surface area contributed by atoms with Crippen molar-refractivity contribution in [3.63, 3.8) is 0 Å². The highest BCUT2D eigenvalue weighted by atomic mass is 19.4. The van der Waals surface area contributed by atoms with Crippen molar-refractivity contribution in [3.05, 3.63) is 0 Å². The van der Waals surface area contributed by atoms with Crippen molar-refractivity contribution in [1.29, 1.82) is 0 Å². The summed E-state index contributed by atoms with van der Waals surface area (Å²) in [6.07, 6.45) is -36.7. The molecule has 0 spiro atoms. The summed E-state index contributed by atoms with van der Waals surface area (Å²) < 4.78 is 479. The highest BCUT2D eigenvalue weighted by Gasteiger charge is 2.88. The maximum atomic E-state index is 12.9. The summed E-state index contributed by atoms with van der Waals surface area (Å²) in [4.78, 5) is 0. The first-order valence-corrected chi connectivity index (χ1v) is 39.0. The number of hydrogen-bond donors (Lipinski definition) is 0. The lowest BCUT2D eigenvalue weighted by atomic mass is 9.68. The van der Waals surface area contributed by atoms with E-state index in [-0.39, 0.29) is 92.8 Å². The fraction of sp³-hybridized carbons (Fsp3) is 1.00. The molecule has 0 amide bonds. The van der Waals surface area contributed by atoms with Crippen LogP contribution in [0.1, 0.15) is 237 Å². The van der Waals surface area contributed by atoms with Crippen molar-refractivity contribution in [2.24, 2.45) is 160 Å². The molecule has 0 N–H and O–H groups in total. The van der Waals surface area contributed by atoms with Gasteiger partial charge in [-0.05, 0) is 173 Å². The van der Waals surface area contributed by atoms with Crippen molar-refractivity contribution in [1.82, 2.24) is 0 Å². The fourth-order valence-corrected chi connectivity index (χ4v) is 18.7. The zero-order valence-electron chi connectivity index (χ0n) is 70.0. The molecule has 0 radical (unpaired) electrons. The van der Waals surface area contributed by atoms with Gasteiger partial charge in [-0.25, -0.2) is 26.3 Å². The third-order valence-corrected chi connectivity index (χ3v) is 25.8. The Morgan fingerprint density at radius 3 is 0.835 bits per heavy atom. The minimum absolute atomic E-state index is 0.0166. The molecule has 24 unspecified atom stereocenters. The number of hydrogen-bond acceptors (Lipinski definition) is 0. The molecule has 9 fully saturated rings. The molecule has 0 aromatic rings. The van der Waals surface area contributed by atoms with Gasteiger partial charge in [0.2, 0.25) is 5.67 Å². The highest BCUT2D eigenvalue weighted by Crippen LogP contribution is 2.65. The minimum atomic E-state index is -5.36. The largest absolute Gasteiger partial charge is 0.392 e. The van der Waals surface area contributed by atoms with E-state index in [9.17, 15) is 162 Å². The van der Waals surface area contributed by atoms with Crippen LogP contribution in [0.15, 0.2) is 0 Å². The SMILES string of the molecule is CC1C(C)C(C(F)(F)F)C(C)C1C(F)(F)F.CC1C(F)(F)C(C)(F)C(F)(F)C1(F)F.CC1C(F)C(C)C(F)C1F.CC1CC(C(F)(F)F)C[C@@H](C)C1.CC1CC(C)C(C(F)(F)F)C1.CC1CCCC(C(F)(F)F)[C@@H]1C.CC1C[C@H](C)CC(C(F)(F)F)C1C(F)(F)F.[2H][C@@]1(C)C(C)CCCC1C(F)(F)F.[2H][C@]1(C)CC(C)CC(C(F)(F)F)C1. The quantitative estimate of drug-likeness (QED) is 0.212. The van der Waals surface area contributed by atoms with Crippen LogP contribution in [0.3, 0.4) is 0 Å². The van der Waals surface area contributed by atoms with Crippen molar-refractivity contribution in [3.8, 4) is 0 Å². The Balaban J connectivity index is 0.000000660. The van der Waals surface area contributed by atoms with Gasteiger partial charge in [-0.3, -0.25) is 0 Å². The highest BCUT2D eigenvalue weighted by molar-refractivity contribution is 5.19. The maximum absolute atomic E-state index is 12.9. The van der Waals surface area contributed by atoms with E-state index >= 15 is 0 Å². The molecule has 690 valence electrons. The van der Waals surface area contributed by atoms with Crippen LogP contribution in [0.4, 0.5) is 162 Å². The smallest absolute Gasteiger partial charge is 0.247 e. The molecule has 9 aliphatic rings. The van der Waals surface area contributed by atoms with Crippen molar-refractivity contribution < 1.29 is 165 Å². The number of alkyl halides is 37. The molecule has 0 aromatic heterocycles. The van der Waals surface area contributed by atoms with Crippen LogP contribution in [-0.4, -0.2) is 97.5 Å². The maximum Gasteiger partial charge on any atom is 0.392 e. The predicted octanol–water partition coefficient (Wildman–Crippen LogP) is 31.9. The Morgan fingerprint density at radius 2 is 0.583 bits per heavy atom. The Hall–Kier alpha value is -2.59. The van der Waals surface area contributed by atoms with Gasteiger partial charge >= 0.3 is 67.4 Å². The Labute approximate surface area is 655 Å². The van der Waals surface area contributed by atoms with E-state index in [1.807, 2.05) is 27.7 Å². The summed E-state index contributed by atoms with van der Waals surface area (Å²) >= 11 is 0. The van der Waals surface area contributed by atoms with Gasteiger partial charge in [0.25, 0.3) is 5.92 Å². The van der Waals surface area contributed by atoms with Gasteiger partial charge < -0.3 is 0 Å². The van der Waals surface area contributed by atoms with Crippen LogP contribution in [-0.2, 0) is 0 Å². The van der Waals surface area contributed by atoms with Crippen LogP contribution >= 0.6 is 0 Å². The number of rotatable bonds is 0. The first-order valence-electron chi connectivity index (χ1n) is 40.0. The van der Waals surface area contributed by atoms with E-state index in [0.29, 0.717) is 38.5 Å². The van der Waals surface area contributed by atoms with Gasteiger partial charge in [-0.15, -0.1) is 0 Å². The Bertz CT molecular complexity index is 2780. The number of halogens is 37. The van der Waals surface area contributed by atoms with E-state index in [4.69, 9.17) is 2.74 Å². The molecular formula is C78H119F37. The van der Waals surface area contributed by atoms with E-state index in [1.54, 1.807) is 41.5 Å². The van der Waals surface area contributed by atoms with Gasteiger partial charge in [0.05, 0.1) is 59.2 Å². The normalized spacial score (nSPS) is 42.4. The standard InChI is InChI=1S/2C10H14F6.4C9H15F3.C8H13F3.C7H7F7.C7H11F3/c1-5-3-6(2)8(10(14,15)16)7(4-5)9(11,12)13;1-4-5(2)8(10(14,15)16)6(3)7(4)9(11,12)13;2*1-6-3-7(2)5-8(4-6)9(10,11)12;2*1-6-4-3-5-8(7(6)2)9(10,11)12;1-5-3-6(2)7(4-5)8(9,10)11;1-3-5(9,10)4(2,8)7(13,14)6(3,11)12;1-3-5(8)4(2)7(10)6(3)9/h5-8H,3-4H2,1-2H3;4-8H,1-3H3;4*6-8H,3-5H2,1-2H3;5-7H,3-4H2,1-2H3;3H,1-2H3;3-7H,1-2H3/t5-,6?,7?,8?;;2*6-,7?,8?;2*6?,7-,8?;;;/m0.0011.../s1/i;;6D;;7D;;;;. The zero-order valence-corrected chi connectivity index (χ0v) is 68.0. The third-order valence-electron chi connectivity index (χ3n) is 25.8. The second-order valence-electron chi connectivity index (χ2n) is 35.5. The Kier molecular flexibility index (Phi) is 38.3. The molecule has 0 heterocycles. The predicted molar refractivity (Wildman–Crippen MR) is 364 cm³/mol. The average Bonchev–Trinajstić information content (AvgIpc) is 1.53. The van der Waals surface area contributed by atoms with Crippen LogP contribution in [0.5, 0.6) is 0 Å². The molecular weight excluding hydrogens is 1640 g/mol.